The zero-order valence-electron chi connectivity index (χ0n) is 14.1. The molecule has 2 aromatic carbocycles. The van der Waals surface area contributed by atoms with Gasteiger partial charge in [0, 0.05) is 32.5 Å². The first-order valence-electron chi connectivity index (χ1n) is 7.95. The summed E-state index contributed by atoms with van der Waals surface area (Å²) >= 11 is 7.62. The summed E-state index contributed by atoms with van der Waals surface area (Å²) in [6, 6.07) is 14.3. The van der Waals surface area contributed by atoms with E-state index in [1.807, 2.05) is 41.8 Å². The Hall–Kier alpha value is -1.92. The molecule has 0 saturated heterocycles. The summed E-state index contributed by atoms with van der Waals surface area (Å²) in [5, 5.41) is 8.06. The van der Waals surface area contributed by atoms with Crippen molar-refractivity contribution in [3.8, 4) is 22.3 Å². The van der Waals surface area contributed by atoms with Gasteiger partial charge in [-0.05, 0) is 29.1 Å². The SMILES string of the molecule is C=CC(C)c1scc(-c2ccccc2S(N)(=O)=O)c1-c1ccc(Cl)cc1. The Labute approximate surface area is 162 Å². The first-order valence-corrected chi connectivity index (χ1v) is 10.8. The van der Waals surface area contributed by atoms with E-state index >= 15 is 0 Å². The summed E-state index contributed by atoms with van der Waals surface area (Å²) in [6.45, 7) is 5.96. The Morgan fingerprint density at radius 3 is 2.38 bits per heavy atom. The summed E-state index contributed by atoms with van der Waals surface area (Å²) in [7, 11) is -3.84. The molecule has 0 spiro atoms. The summed E-state index contributed by atoms with van der Waals surface area (Å²) in [5.74, 6) is 0.126. The lowest BCUT2D eigenvalue weighted by molar-refractivity contribution is 0.598. The van der Waals surface area contributed by atoms with E-state index in [9.17, 15) is 8.42 Å². The molecule has 6 heteroatoms. The molecule has 0 radical (unpaired) electrons. The molecule has 0 bridgehead atoms. The molecule has 1 aromatic heterocycles. The van der Waals surface area contributed by atoms with Gasteiger partial charge in [-0.25, -0.2) is 13.6 Å². The number of allylic oxidation sites excluding steroid dienone is 1. The number of halogens is 1. The first-order chi connectivity index (χ1) is 12.3. The van der Waals surface area contributed by atoms with Crippen LogP contribution in [0.15, 0.2) is 71.5 Å². The van der Waals surface area contributed by atoms with Gasteiger partial charge in [0.05, 0.1) is 4.90 Å². The van der Waals surface area contributed by atoms with Crippen molar-refractivity contribution in [1.29, 1.82) is 0 Å². The van der Waals surface area contributed by atoms with Crippen molar-refractivity contribution in [2.45, 2.75) is 17.7 Å². The highest BCUT2D eigenvalue weighted by Crippen LogP contribution is 2.44. The van der Waals surface area contributed by atoms with Crippen LogP contribution < -0.4 is 5.14 Å². The number of hydrogen-bond donors (Lipinski definition) is 1. The average molecular weight is 404 g/mol. The van der Waals surface area contributed by atoms with Crippen molar-refractivity contribution in [2.24, 2.45) is 5.14 Å². The third kappa shape index (κ3) is 3.62. The number of rotatable bonds is 5. The number of sulfonamides is 1. The summed E-state index contributed by atoms with van der Waals surface area (Å²) < 4.78 is 24.1. The third-order valence-corrected chi connectivity index (χ3v) is 6.61. The van der Waals surface area contributed by atoms with E-state index in [4.69, 9.17) is 16.7 Å². The topological polar surface area (TPSA) is 60.2 Å². The average Bonchev–Trinajstić information content (AvgIpc) is 3.06. The van der Waals surface area contributed by atoms with Crippen molar-refractivity contribution < 1.29 is 8.42 Å². The minimum atomic E-state index is -3.84. The van der Waals surface area contributed by atoms with E-state index in [0.29, 0.717) is 10.6 Å². The minimum Gasteiger partial charge on any atom is -0.225 e. The maximum Gasteiger partial charge on any atom is 0.238 e. The Bertz CT molecular complexity index is 1050. The maximum atomic E-state index is 12.1. The van der Waals surface area contributed by atoms with Gasteiger partial charge in [-0.2, -0.15) is 0 Å². The van der Waals surface area contributed by atoms with Gasteiger partial charge in [-0.1, -0.05) is 54.9 Å². The fourth-order valence-electron chi connectivity index (χ4n) is 2.86. The zero-order valence-corrected chi connectivity index (χ0v) is 16.5. The monoisotopic (exact) mass is 403 g/mol. The van der Waals surface area contributed by atoms with Crippen molar-refractivity contribution in [2.75, 3.05) is 0 Å². The molecule has 0 aliphatic carbocycles. The molecule has 0 fully saturated rings. The standard InChI is InChI=1S/C20H18ClNO2S2/c1-3-13(2)20-19(14-8-10-15(21)11-9-14)17(12-25-20)16-6-4-5-7-18(16)26(22,23)24/h3-13H,1H2,2H3,(H2,22,23,24). The van der Waals surface area contributed by atoms with Crippen LogP contribution in [-0.4, -0.2) is 8.42 Å². The smallest absolute Gasteiger partial charge is 0.225 e. The molecule has 3 aromatic rings. The van der Waals surface area contributed by atoms with E-state index in [0.717, 1.165) is 21.6 Å². The van der Waals surface area contributed by atoms with Crippen LogP contribution in [0, 0.1) is 0 Å². The number of thiophene rings is 1. The highest BCUT2D eigenvalue weighted by atomic mass is 35.5. The van der Waals surface area contributed by atoms with Crippen LogP contribution in [0.2, 0.25) is 5.02 Å². The normalized spacial score (nSPS) is 12.7. The lowest BCUT2D eigenvalue weighted by Gasteiger charge is -2.13. The highest BCUT2D eigenvalue weighted by molar-refractivity contribution is 7.89. The van der Waals surface area contributed by atoms with E-state index in [-0.39, 0.29) is 10.8 Å². The van der Waals surface area contributed by atoms with Gasteiger partial charge >= 0.3 is 0 Å². The highest BCUT2D eigenvalue weighted by Gasteiger charge is 2.22. The lowest BCUT2D eigenvalue weighted by Crippen LogP contribution is -2.13. The van der Waals surface area contributed by atoms with Crippen LogP contribution in [-0.2, 0) is 10.0 Å². The quantitative estimate of drug-likeness (QED) is 0.557. The largest absolute Gasteiger partial charge is 0.238 e. The Balaban J connectivity index is 2.33. The summed E-state index contributed by atoms with van der Waals surface area (Å²) in [5.41, 5.74) is 3.39. The molecule has 0 aliphatic rings. The van der Waals surface area contributed by atoms with E-state index in [1.54, 1.807) is 23.5 Å². The van der Waals surface area contributed by atoms with E-state index < -0.39 is 10.0 Å². The second-order valence-electron chi connectivity index (χ2n) is 5.96. The van der Waals surface area contributed by atoms with Gasteiger partial charge in [0.25, 0.3) is 0 Å². The fraction of sp³-hybridized carbons (Fsp3) is 0.100. The molecule has 3 nitrogen and oxygen atoms in total. The van der Waals surface area contributed by atoms with Crippen LogP contribution in [0.1, 0.15) is 17.7 Å². The predicted molar refractivity (Wildman–Crippen MR) is 110 cm³/mol. The molecule has 26 heavy (non-hydrogen) atoms. The van der Waals surface area contributed by atoms with Gasteiger partial charge in [0.15, 0.2) is 0 Å². The molecule has 1 unspecified atom stereocenters. The first kappa shape index (κ1) is 18.9. The molecule has 134 valence electrons. The van der Waals surface area contributed by atoms with Crippen molar-refractivity contribution in [3.05, 3.63) is 76.5 Å². The molecule has 2 N–H and O–H groups in total. The molecule has 1 heterocycles. The summed E-state index contributed by atoms with van der Waals surface area (Å²) in [6.07, 6.45) is 1.88. The second-order valence-corrected chi connectivity index (χ2v) is 8.84. The lowest BCUT2D eigenvalue weighted by atomic mass is 9.93. The number of benzene rings is 2. The molecule has 1 atom stereocenters. The van der Waals surface area contributed by atoms with Gasteiger partial charge in [0.2, 0.25) is 10.0 Å². The van der Waals surface area contributed by atoms with Crippen LogP contribution in [0.5, 0.6) is 0 Å². The maximum absolute atomic E-state index is 12.1. The Kier molecular flexibility index (Phi) is 5.34. The van der Waals surface area contributed by atoms with Crippen LogP contribution in [0.3, 0.4) is 0 Å². The van der Waals surface area contributed by atoms with Crippen LogP contribution >= 0.6 is 22.9 Å². The van der Waals surface area contributed by atoms with Crippen molar-refractivity contribution in [1.82, 2.24) is 0 Å². The zero-order chi connectivity index (χ0) is 18.9. The van der Waals surface area contributed by atoms with Crippen LogP contribution in [0.25, 0.3) is 22.3 Å². The third-order valence-electron chi connectivity index (χ3n) is 4.20. The van der Waals surface area contributed by atoms with Gasteiger partial charge in [-0.3, -0.25) is 0 Å². The van der Waals surface area contributed by atoms with Gasteiger partial charge in [0.1, 0.15) is 0 Å². The molecular formula is C20H18ClNO2S2. The summed E-state index contributed by atoms with van der Waals surface area (Å²) in [4.78, 5) is 1.23. The van der Waals surface area contributed by atoms with Crippen molar-refractivity contribution in [3.63, 3.8) is 0 Å². The molecule has 0 amide bonds. The molecule has 0 saturated carbocycles. The van der Waals surface area contributed by atoms with E-state index in [2.05, 4.69) is 13.5 Å². The Morgan fingerprint density at radius 2 is 1.77 bits per heavy atom. The van der Waals surface area contributed by atoms with E-state index in [1.165, 1.54) is 6.07 Å². The number of hydrogen-bond acceptors (Lipinski definition) is 3. The molecule has 0 aliphatic heterocycles. The molecular weight excluding hydrogens is 386 g/mol. The fourth-order valence-corrected chi connectivity index (χ4v) is 4.89. The molecule has 3 rings (SSSR count). The predicted octanol–water partition coefficient (Wildman–Crippen LogP) is 5.67. The second kappa shape index (κ2) is 7.37. The van der Waals surface area contributed by atoms with Gasteiger partial charge < -0.3 is 0 Å². The van der Waals surface area contributed by atoms with Crippen molar-refractivity contribution >= 4 is 33.0 Å². The Morgan fingerprint density at radius 1 is 1.12 bits per heavy atom. The number of primary sulfonamides is 1. The number of nitrogens with two attached hydrogens (primary N) is 1. The van der Waals surface area contributed by atoms with Gasteiger partial charge in [-0.15, -0.1) is 17.9 Å². The van der Waals surface area contributed by atoms with Crippen LogP contribution in [0.4, 0.5) is 0 Å². The minimum absolute atomic E-state index is 0.116.